The molecule has 0 saturated carbocycles. The number of allylic oxidation sites excluding steroid dienone is 2. The first kappa shape index (κ1) is 7.77. The zero-order chi connectivity index (χ0) is 9.26. The van der Waals surface area contributed by atoms with Gasteiger partial charge in [-0.25, -0.2) is 0 Å². The molecule has 0 unspecified atom stereocenters. The van der Waals surface area contributed by atoms with Crippen molar-refractivity contribution in [2.75, 3.05) is 5.84 Å². The van der Waals surface area contributed by atoms with Gasteiger partial charge in [-0.2, -0.15) is 0 Å². The highest BCUT2D eigenvalue weighted by atomic mass is 15.3. The normalized spacial score (nSPS) is 12.7. The Hall–Kier alpha value is -1.86. The third kappa shape index (κ3) is 1.37. The van der Waals surface area contributed by atoms with Gasteiger partial charge in [0.15, 0.2) is 5.69 Å². The molecule has 1 heterocycles. The second-order valence-electron chi connectivity index (χ2n) is 2.87. The minimum Gasteiger partial charge on any atom is -0.269 e. The Morgan fingerprint density at radius 3 is 3.23 bits per heavy atom. The van der Waals surface area contributed by atoms with E-state index in [2.05, 4.69) is 10.7 Å². The van der Waals surface area contributed by atoms with E-state index in [0.29, 0.717) is 0 Å². The van der Waals surface area contributed by atoms with Crippen molar-refractivity contribution in [3.63, 3.8) is 0 Å². The molecule has 2 rings (SSSR count). The average molecular weight is 172 g/mol. The third-order valence-electron chi connectivity index (χ3n) is 1.92. The fourth-order valence-electron chi connectivity index (χ4n) is 1.18. The first-order valence-corrected chi connectivity index (χ1v) is 4.05. The van der Waals surface area contributed by atoms with E-state index in [1.807, 2.05) is 37.4 Å². The lowest BCUT2D eigenvalue weighted by Gasteiger charge is -1.96. The van der Waals surface area contributed by atoms with E-state index < -0.39 is 0 Å². The molecule has 1 aromatic rings. The quantitative estimate of drug-likeness (QED) is 0.353. The Bertz CT molecular complexity index is 438. The van der Waals surface area contributed by atoms with Crippen LogP contribution >= 0.6 is 0 Å². The van der Waals surface area contributed by atoms with Gasteiger partial charge >= 0.3 is 5.82 Å². The molecule has 0 saturated heterocycles. The molecular formula is C10H10N3+. The summed E-state index contributed by atoms with van der Waals surface area (Å²) in [5, 5.41) is 0. The second kappa shape index (κ2) is 2.88. The highest BCUT2D eigenvalue weighted by Gasteiger charge is 2.11. The maximum atomic E-state index is 5.67. The van der Waals surface area contributed by atoms with Crippen LogP contribution in [0.4, 0.5) is 0 Å². The van der Waals surface area contributed by atoms with Gasteiger partial charge in [0, 0.05) is 13.0 Å². The van der Waals surface area contributed by atoms with E-state index in [1.165, 1.54) is 4.68 Å². The Labute approximate surface area is 76.5 Å². The number of aryl methyl sites for hydroxylation is 1. The SMILES string of the molecule is Cc1nc2c(c[n+]1N)C=CC=C=C2. The molecule has 0 fully saturated rings. The lowest BCUT2D eigenvalue weighted by molar-refractivity contribution is -0.649. The van der Waals surface area contributed by atoms with Crippen LogP contribution in [-0.2, 0) is 0 Å². The minimum atomic E-state index is 0.784. The van der Waals surface area contributed by atoms with Crippen LogP contribution in [0.1, 0.15) is 17.1 Å². The number of fused-ring (bicyclic) bond motifs is 1. The molecule has 0 bridgehead atoms. The van der Waals surface area contributed by atoms with Crippen LogP contribution in [0.2, 0.25) is 0 Å². The van der Waals surface area contributed by atoms with Crippen LogP contribution in [0.25, 0.3) is 12.2 Å². The Balaban J connectivity index is 2.69. The summed E-state index contributed by atoms with van der Waals surface area (Å²) < 4.78 is 1.52. The average Bonchev–Trinajstić information content (AvgIpc) is 2.31. The van der Waals surface area contributed by atoms with E-state index in [9.17, 15) is 0 Å². The minimum absolute atomic E-state index is 0.784. The van der Waals surface area contributed by atoms with Crippen LogP contribution in [0.5, 0.6) is 0 Å². The van der Waals surface area contributed by atoms with Crippen LogP contribution in [-0.4, -0.2) is 4.98 Å². The fourth-order valence-corrected chi connectivity index (χ4v) is 1.18. The zero-order valence-electron chi connectivity index (χ0n) is 7.36. The first-order chi connectivity index (χ1) is 6.27. The summed E-state index contributed by atoms with van der Waals surface area (Å²) in [6.45, 7) is 1.87. The van der Waals surface area contributed by atoms with E-state index >= 15 is 0 Å². The molecule has 3 nitrogen and oxygen atoms in total. The number of nitrogens with zero attached hydrogens (tertiary/aromatic N) is 2. The summed E-state index contributed by atoms with van der Waals surface area (Å²) in [6.07, 6.45) is 9.42. The van der Waals surface area contributed by atoms with Crippen LogP contribution in [0.15, 0.2) is 24.1 Å². The van der Waals surface area contributed by atoms with Gasteiger partial charge in [-0.05, 0) is 17.1 Å². The molecule has 2 N–H and O–H groups in total. The van der Waals surface area contributed by atoms with Crippen molar-refractivity contribution in [3.8, 4) is 0 Å². The molecule has 0 amide bonds. The Morgan fingerprint density at radius 1 is 1.54 bits per heavy atom. The van der Waals surface area contributed by atoms with Crippen molar-refractivity contribution in [2.24, 2.45) is 0 Å². The van der Waals surface area contributed by atoms with Crippen LogP contribution < -0.4 is 10.5 Å². The van der Waals surface area contributed by atoms with Gasteiger partial charge in [-0.3, -0.25) is 5.84 Å². The highest BCUT2D eigenvalue weighted by molar-refractivity contribution is 5.63. The van der Waals surface area contributed by atoms with Crippen molar-refractivity contribution in [2.45, 2.75) is 6.92 Å². The maximum Gasteiger partial charge on any atom is 0.318 e. The second-order valence-corrected chi connectivity index (χ2v) is 2.87. The summed E-state index contributed by atoms with van der Waals surface area (Å²) in [7, 11) is 0. The van der Waals surface area contributed by atoms with Crippen molar-refractivity contribution >= 4 is 12.2 Å². The summed E-state index contributed by atoms with van der Waals surface area (Å²) >= 11 is 0. The topological polar surface area (TPSA) is 42.8 Å². The zero-order valence-corrected chi connectivity index (χ0v) is 7.36. The number of aromatic nitrogens is 2. The predicted molar refractivity (Wildman–Crippen MR) is 50.9 cm³/mol. The summed E-state index contributed by atoms with van der Waals surface area (Å²) in [5.41, 5.74) is 4.92. The molecular weight excluding hydrogens is 162 g/mol. The number of rotatable bonds is 0. The van der Waals surface area contributed by atoms with Gasteiger partial charge in [0.2, 0.25) is 0 Å². The van der Waals surface area contributed by atoms with Crippen molar-refractivity contribution in [3.05, 3.63) is 41.2 Å². The summed E-state index contributed by atoms with van der Waals surface area (Å²) in [5.74, 6) is 6.46. The fraction of sp³-hybridized carbons (Fsp3) is 0.100. The van der Waals surface area contributed by atoms with Crippen LogP contribution in [0, 0.1) is 6.92 Å². The van der Waals surface area contributed by atoms with E-state index in [-0.39, 0.29) is 0 Å². The monoisotopic (exact) mass is 172 g/mol. The number of hydrogen-bond acceptors (Lipinski definition) is 2. The van der Waals surface area contributed by atoms with Crippen molar-refractivity contribution in [1.82, 2.24) is 4.98 Å². The van der Waals surface area contributed by atoms with Gasteiger partial charge in [0.05, 0.1) is 5.56 Å². The maximum absolute atomic E-state index is 5.67. The number of hydrogen-bond donors (Lipinski definition) is 1. The van der Waals surface area contributed by atoms with E-state index in [4.69, 9.17) is 5.84 Å². The molecule has 13 heavy (non-hydrogen) atoms. The first-order valence-electron chi connectivity index (χ1n) is 4.05. The molecule has 3 heteroatoms. The Morgan fingerprint density at radius 2 is 2.38 bits per heavy atom. The largest absolute Gasteiger partial charge is 0.318 e. The lowest BCUT2D eigenvalue weighted by Crippen LogP contribution is -2.48. The number of nitrogen functional groups attached to an aromatic ring is 1. The van der Waals surface area contributed by atoms with Gasteiger partial charge in [-0.15, -0.1) is 10.4 Å². The van der Waals surface area contributed by atoms with Gasteiger partial charge in [0.1, 0.15) is 6.20 Å². The predicted octanol–water partition coefficient (Wildman–Crippen LogP) is 0.586. The molecule has 0 aromatic carbocycles. The van der Waals surface area contributed by atoms with Crippen molar-refractivity contribution < 1.29 is 4.68 Å². The molecule has 1 aromatic heterocycles. The lowest BCUT2D eigenvalue weighted by atomic mass is 10.2. The molecule has 64 valence electrons. The standard InChI is InChI=1S/C10H10N3/c1-8-12-10-6-4-2-3-5-9(10)7-13(8)11/h2-3,5-7H,11H2,1H3/q+1. The smallest absolute Gasteiger partial charge is 0.269 e. The number of nitrogens with two attached hydrogens (primary N) is 1. The molecule has 1 aliphatic rings. The van der Waals surface area contributed by atoms with Gasteiger partial charge < -0.3 is 0 Å². The molecule has 1 aliphatic carbocycles. The Kier molecular flexibility index (Phi) is 1.72. The van der Waals surface area contributed by atoms with E-state index in [0.717, 1.165) is 17.1 Å². The molecule has 0 atom stereocenters. The van der Waals surface area contributed by atoms with Crippen molar-refractivity contribution in [1.29, 1.82) is 0 Å². The highest BCUT2D eigenvalue weighted by Crippen LogP contribution is 2.09. The van der Waals surface area contributed by atoms with E-state index in [1.54, 1.807) is 0 Å². The molecule has 0 aliphatic heterocycles. The summed E-state index contributed by atoms with van der Waals surface area (Å²) in [4.78, 5) is 4.32. The molecule has 0 radical (unpaired) electrons. The summed E-state index contributed by atoms with van der Waals surface area (Å²) in [6, 6.07) is 0. The third-order valence-corrected chi connectivity index (χ3v) is 1.92. The van der Waals surface area contributed by atoms with Gasteiger partial charge in [0.25, 0.3) is 0 Å². The van der Waals surface area contributed by atoms with Crippen LogP contribution in [0.3, 0.4) is 0 Å². The molecule has 0 spiro atoms. The van der Waals surface area contributed by atoms with Gasteiger partial charge in [-0.1, -0.05) is 6.08 Å².